The van der Waals surface area contributed by atoms with E-state index in [1.165, 1.54) is 7.11 Å². The Bertz CT molecular complexity index is 246. The summed E-state index contributed by atoms with van der Waals surface area (Å²) >= 11 is 0. The van der Waals surface area contributed by atoms with Crippen molar-refractivity contribution in [2.75, 3.05) is 47.3 Å². The minimum absolute atomic E-state index is 0.372. The molecular formula is C14H29NO5. The summed E-state index contributed by atoms with van der Waals surface area (Å²) in [5, 5.41) is 0. The van der Waals surface area contributed by atoms with Crippen LogP contribution >= 0.6 is 0 Å². The molecule has 0 radical (unpaired) electrons. The molecular weight excluding hydrogens is 262 g/mol. The third kappa shape index (κ3) is 10.1. The largest absolute Gasteiger partial charge is 0.468 e. The maximum absolute atomic E-state index is 11.3. The molecule has 0 aliphatic carbocycles. The third-order valence-corrected chi connectivity index (χ3v) is 2.90. The van der Waals surface area contributed by atoms with Gasteiger partial charge in [-0.15, -0.1) is 0 Å². The average Bonchev–Trinajstić information content (AvgIpc) is 2.43. The second-order valence-corrected chi connectivity index (χ2v) is 4.94. The number of carbonyl (C=O) groups excluding carboxylic acids is 1. The van der Waals surface area contributed by atoms with Gasteiger partial charge >= 0.3 is 5.97 Å². The topological polar surface area (TPSA) is 80.0 Å². The van der Waals surface area contributed by atoms with Crippen molar-refractivity contribution in [2.45, 2.75) is 38.1 Å². The molecule has 0 rings (SSSR count). The van der Waals surface area contributed by atoms with E-state index in [4.69, 9.17) is 19.9 Å². The van der Waals surface area contributed by atoms with Gasteiger partial charge in [0.25, 0.3) is 0 Å². The fourth-order valence-electron chi connectivity index (χ4n) is 1.66. The molecule has 0 heterocycles. The molecule has 0 aliphatic rings. The smallest absolute Gasteiger partial charge is 0.325 e. The Balaban J connectivity index is 3.30. The second-order valence-electron chi connectivity index (χ2n) is 4.94. The Morgan fingerprint density at radius 1 is 0.950 bits per heavy atom. The lowest BCUT2D eigenvalue weighted by molar-refractivity contribution is -0.146. The molecule has 0 amide bonds. The zero-order valence-electron chi connectivity index (χ0n) is 13.0. The van der Waals surface area contributed by atoms with E-state index in [9.17, 15) is 4.79 Å². The Kier molecular flexibility index (Phi) is 11.7. The summed E-state index contributed by atoms with van der Waals surface area (Å²) in [6.07, 6.45) is 3.19. The Morgan fingerprint density at radius 3 is 2.10 bits per heavy atom. The van der Waals surface area contributed by atoms with Gasteiger partial charge in [-0.05, 0) is 32.6 Å². The van der Waals surface area contributed by atoms with Crippen LogP contribution in [-0.2, 0) is 23.7 Å². The maximum atomic E-state index is 11.3. The van der Waals surface area contributed by atoms with Gasteiger partial charge in [-0.2, -0.15) is 0 Å². The SMILES string of the molecule is COCCCOCCOCCCCC(C)(N)C(=O)OC. The van der Waals surface area contributed by atoms with Crippen LogP contribution in [0.25, 0.3) is 0 Å². The van der Waals surface area contributed by atoms with Crippen LogP contribution in [-0.4, -0.2) is 58.8 Å². The minimum Gasteiger partial charge on any atom is -0.468 e. The second kappa shape index (κ2) is 12.1. The number of unbranched alkanes of at least 4 members (excludes halogenated alkanes) is 1. The standard InChI is InChI=1S/C14H29NO5/c1-14(15,13(16)18-3)7-4-5-9-19-11-12-20-10-6-8-17-2/h4-12,15H2,1-3H3. The van der Waals surface area contributed by atoms with Crippen LogP contribution in [0, 0.1) is 0 Å². The molecule has 0 saturated carbocycles. The van der Waals surface area contributed by atoms with E-state index in [2.05, 4.69) is 4.74 Å². The van der Waals surface area contributed by atoms with Crippen LogP contribution < -0.4 is 5.73 Å². The van der Waals surface area contributed by atoms with Crippen molar-refractivity contribution in [3.8, 4) is 0 Å². The first-order chi connectivity index (χ1) is 9.54. The van der Waals surface area contributed by atoms with Crippen molar-refractivity contribution in [1.29, 1.82) is 0 Å². The first-order valence-corrected chi connectivity index (χ1v) is 7.06. The van der Waals surface area contributed by atoms with Crippen molar-refractivity contribution < 1.29 is 23.7 Å². The molecule has 0 aliphatic heterocycles. The van der Waals surface area contributed by atoms with Crippen LogP contribution in [0.1, 0.15) is 32.6 Å². The predicted molar refractivity (Wildman–Crippen MR) is 76.6 cm³/mol. The highest BCUT2D eigenvalue weighted by Gasteiger charge is 2.28. The van der Waals surface area contributed by atoms with Gasteiger partial charge < -0.3 is 24.7 Å². The molecule has 0 fully saturated rings. The molecule has 0 aromatic carbocycles. The van der Waals surface area contributed by atoms with Crippen LogP contribution in [0.3, 0.4) is 0 Å². The highest BCUT2D eigenvalue weighted by molar-refractivity contribution is 5.79. The van der Waals surface area contributed by atoms with Crippen molar-refractivity contribution in [1.82, 2.24) is 0 Å². The molecule has 0 saturated heterocycles. The number of hydrogen-bond donors (Lipinski definition) is 1. The zero-order valence-corrected chi connectivity index (χ0v) is 13.0. The lowest BCUT2D eigenvalue weighted by atomic mass is 9.96. The predicted octanol–water partition coefficient (Wildman–Crippen LogP) is 1.12. The number of nitrogens with two attached hydrogens (primary N) is 1. The number of rotatable bonds is 13. The summed E-state index contributed by atoms with van der Waals surface area (Å²) < 4.78 is 20.3. The molecule has 20 heavy (non-hydrogen) atoms. The Hall–Kier alpha value is -0.690. The highest BCUT2D eigenvalue weighted by atomic mass is 16.5. The van der Waals surface area contributed by atoms with Gasteiger partial charge in [-0.25, -0.2) is 0 Å². The highest BCUT2D eigenvalue weighted by Crippen LogP contribution is 2.12. The number of ether oxygens (including phenoxy) is 4. The number of esters is 1. The van der Waals surface area contributed by atoms with Gasteiger partial charge in [0.2, 0.25) is 0 Å². The van der Waals surface area contributed by atoms with Gasteiger partial charge in [0, 0.05) is 26.9 Å². The summed E-state index contributed by atoms with van der Waals surface area (Å²) in [7, 11) is 3.03. The summed E-state index contributed by atoms with van der Waals surface area (Å²) in [6.45, 7) is 4.94. The number of carbonyl (C=O) groups is 1. The van der Waals surface area contributed by atoms with E-state index in [0.29, 0.717) is 32.8 Å². The van der Waals surface area contributed by atoms with Crippen LogP contribution in [0.4, 0.5) is 0 Å². The first-order valence-electron chi connectivity index (χ1n) is 7.06. The van der Waals surface area contributed by atoms with E-state index in [1.807, 2.05) is 0 Å². The molecule has 1 atom stereocenters. The lowest BCUT2D eigenvalue weighted by Gasteiger charge is -2.20. The molecule has 120 valence electrons. The minimum atomic E-state index is -0.904. The summed E-state index contributed by atoms with van der Waals surface area (Å²) in [4.78, 5) is 11.3. The molecule has 0 bridgehead atoms. The molecule has 6 heteroatoms. The number of hydrogen-bond acceptors (Lipinski definition) is 6. The molecule has 2 N–H and O–H groups in total. The summed E-state index contributed by atoms with van der Waals surface area (Å²) in [6, 6.07) is 0. The van der Waals surface area contributed by atoms with E-state index < -0.39 is 5.54 Å². The van der Waals surface area contributed by atoms with E-state index in [0.717, 1.165) is 25.9 Å². The zero-order chi connectivity index (χ0) is 15.3. The van der Waals surface area contributed by atoms with Gasteiger partial charge in [0.05, 0.1) is 20.3 Å². The van der Waals surface area contributed by atoms with E-state index in [-0.39, 0.29) is 5.97 Å². The maximum Gasteiger partial charge on any atom is 0.325 e. The normalized spacial score (nSPS) is 14.0. The monoisotopic (exact) mass is 291 g/mol. The van der Waals surface area contributed by atoms with Crippen LogP contribution in [0.15, 0.2) is 0 Å². The van der Waals surface area contributed by atoms with Crippen LogP contribution in [0.2, 0.25) is 0 Å². The van der Waals surface area contributed by atoms with Crippen LogP contribution in [0.5, 0.6) is 0 Å². The van der Waals surface area contributed by atoms with E-state index in [1.54, 1.807) is 14.0 Å². The molecule has 0 aromatic rings. The number of methoxy groups -OCH3 is 2. The van der Waals surface area contributed by atoms with Gasteiger partial charge in [0.1, 0.15) is 5.54 Å². The Labute approximate surface area is 121 Å². The molecule has 6 nitrogen and oxygen atoms in total. The summed E-state index contributed by atoms with van der Waals surface area (Å²) in [5.41, 5.74) is 4.94. The van der Waals surface area contributed by atoms with Gasteiger partial charge in [0.15, 0.2) is 0 Å². The fraction of sp³-hybridized carbons (Fsp3) is 0.929. The van der Waals surface area contributed by atoms with E-state index >= 15 is 0 Å². The average molecular weight is 291 g/mol. The lowest BCUT2D eigenvalue weighted by Crippen LogP contribution is -2.45. The van der Waals surface area contributed by atoms with Crippen molar-refractivity contribution in [3.05, 3.63) is 0 Å². The van der Waals surface area contributed by atoms with Gasteiger partial charge in [-0.1, -0.05) is 0 Å². The first kappa shape index (κ1) is 19.3. The van der Waals surface area contributed by atoms with Crippen molar-refractivity contribution in [2.24, 2.45) is 5.73 Å². The molecule has 0 spiro atoms. The summed E-state index contributed by atoms with van der Waals surface area (Å²) in [5.74, 6) is -0.372. The molecule has 1 unspecified atom stereocenters. The fourth-order valence-corrected chi connectivity index (χ4v) is 1.66. The third-order valence-electron chi connectivity index (χ3n) is 2.90. The van der Waals surface area contributed by atoms with Crippen molar-refractivity contribution in [3.63, 3.8) is 0 Å². The van der Waals surface area contributed by atoms with Gasteiger partial charge in [-0.3, -0.25) is 4.79 Å². The molecule has 0 aromatic heterocycles. The van der Waals surface area contributed by atoms with Crippen molar-refractivity contribution >= 4 is 5.97 Å². The Morgan fingerprint density at radius 2 is 1.55 bits per heavy atom. The quantitative estimate of drug-likeness (QED) is 0.404.